The maximum atomic E-state index is 4.35. The molecule has 1 aliphatic carbocycles. The predicted molar refractivity (Wildman–Crippen MR) is 129 cm³/mol. The molecular weight excluding hydrogens is 403 g/mol. The van der Waals surface area contributed by atoms with Crippen LogP contribution in [0.2, 0.25) is 0 Å². The summed E-state index contributed by atoms with van der Waals surface area (Å²) < 4.78 is 4.35. The Morgan fingerprint density at radius 2 is 1.04 bits per heavy atom. The fourth-order valence-corrected chi connectivity index (χ4v) is 2.31. The Morgan fingerprint density at radius 1 is 0.704 bits per heavy atom. The molecule has 0 amide bonds. The van der Waals surface area contributed by atoms with Gasteiger partial charge in [-0.3, -0.25) is 0 Å². The number of nitrogens with zero attached hydrogens (tertiary/aromatic N) is 1. The van der Waals surface area contributed by atoms with Gasteiger partial charge >= 0.3 is 95.6 Å². The van der Waals surface area contributed by atoms with Crippen LogP contribution in [0.4, 0.5) is 5.69 Å². The summed E-state index contributed by atoms with van der Waals surface area (Å²) in [5, 5.41) is 0. The Bertz CT molecular complexity index is 514. The van der Waals surface area contributed by atoms with Gasteiger partial charge in [0.15, 0.2) is 0 Å². The second-order valence-corrected chi connectivity index (χ2v) is 13.5. The van der Waals surface area contributed by atoms with E-state index in [0.717, 1.165) is 5.69 Å². The molecule has 0 heterocycles. The van der Waals surface area contributed by atoms with Crippen LogP contribution < -0.4 is 0 Å². The molecule has 1 aromatic rings. The molecule has 1 aliphatic rings. The second-order valence-electron chi connectivity index (χ2n) is 7.84. The zero-order valence-corrected chi connectivity index (χ0v) is 22.2. The molecule has 0 N–H and O–H groups in total. The quantitative estimate of drug-likeness (QED) is 0.417. The van der Waals surface area contributed by atoms with E-state index < -0.39 is 0 Å². The second kappa shape index (κ2) is 18.0. The molecule has 0 atom stereocenters. The van der Waals surface area contributed by atoms with Gasteiger partial charge in [-0.15, -0.1) is 15.8 Å². The van der Waals surface area contributed by atoms with E-state index in [0.29, 0.717) is 27.7 Å². The van der Waals surface area contributed by atoms with Crippen LogP contribution in [-0.2, 0) is 17.2 Å². The average molecular weight is 443 g/mol. The number of benzene rings is 1. The number of hydrogen-bond acceptors (Lipinski definition) is 1. The monoisotopic (exact) mass is 443 g/mol. The largest absolute Gasteiger partial charge is 0.116 e. The van der Waals surface area contributed by atoms with E-state index in [9.17, 15) is 0 Å². The topological polar surface area (TPSA) is 12.4 Å². The Labute approximate surface area is 181 Å². The first-order valence-corrected chi connectivity index (χ1v) is 15.4. The third kappa shape index (κ3) is 17.8. The summed E-state index contributed by atoms with van der Waals surface area (Å²) in [4.78, 5) is 0. The van der Waals surface area contributed by atoms with Gasteiger partial charge in [0.25, 0.3) is 0 Å². The van der Waals surface area contributed by atoms with Gasteiger partial charge < -0.3 is 0 Å². The molecule has 1 radical (unpaired) electrons. The molecule has 0 saturated carbocycles. The number of allylic oxidation sites excluding steroid dienone is 4. The Hall–Kier alpha value is -0.0556. The van der Waals surface area contributed by atoms with E-state index in [1.807, 2.05) is 30.7 Å². The van der Waals surface area contributed by atoms with Crippen molar-refractivity contribution < 1.29 is 17.2 Å². The molecule has 0 aromatic heterocycles. The van der Waals surface area contributed by atoms with Crippen molar-refractivity contribution in [2.45, 2.75) is 39.5 Å². The van der Waals surface area contributed by atoms with Crippen molar-refractivity contribution in [2.75, 3.05) is 40.0 Å². The molecule has 0 saturated heterocycles. The number of hydrogen-bond donors (Lipinski definition) is 0. The van der Waals surface area contributed by atoms with Gasteiger partial charge in [0.05, 0.1) is 0 Å². The fraction of sp³-hybridized carbons (Fsp3) is 0.522. The minimum absolute atomic E-state index is 0.380. The zero-order valence-electron chi connectivity index (χ0n) is 19.1. The van der Waals surface area contributed by atoms with Crippen LogP contribution in [0.3, 0.4) is 0 Å². The average Bonchev–Trinajstić information content (AvgIpc) is 3.12. The van der Waals surface area contributed by atoms with Gasteiger partial charge in [-0.2, -0.15) is 0 Å². The van der Waals surface area contributed by atoms with E-state index in [1.54, 1.807) is 0 Å². The van der Waals surface area contributed by atoms with Crippen molar-refractivity contribution in [3.05, 3.63) is 60.1 Å². The fourth-order valence-electron chi connectivity index (χ4n) is 1.95. The molecule has 2 rings (SSSR count). The summed E-state index contributed by atoms with van der Waals surface area (Å²) in [6.45, 7) is 22.2. The van der Waals surface area contributed by atoms with Gasteiger partial charge in [-0.25, -0.2) is 0 Å². The van der Waals surface area contributed by atoms with E-state index in [1.165, 1.54) is 11.1 Å². The smallest absolute Gasteiger partial charge is 0.00506 e. The van der Waals surface area contributed by atoms with E-state index in [4.69, 9.17) is 0 Å². The first-order chi connectivity index (χ1) is 12.5. The van der Waals surface area contributed by atoms with Crippen molar-refractivity contribution >= 4 is 21.5 Å². The van der Waals surface area contributed by atoms with Gasteiger partial charge in [0.1, 0.15) is 0 Å². The molecule has 0 unspecified atom stereocenters. The summed E-state index contributed by atoms with van der Waals surface area (Å²) in [6, 6.07) is 6.47. The van der Waals surface area contributed by atoms with Crippen LogP contribution in [0.5, 0.6) is 0 Å². The van der Waals surface area contributed by atoms with Crippen LogP contribution in [0.25, 0.3) is 0 Å². The normalized spacial score (nSPS) is 11.6. The first-order valence-electron chi connectivity index (χ1n) is 9.40. The van der Waals surface area contributed by atoms with Gasteiger partial charge in [0, 0.05) is 6.42 Å². The Balaban J connectivity index is 0. The maximum Gasteiger partial charge on any atom is 0.00506 e. The summed E-state index contributed by atoms with van der Waals surface area (Å²) in [5.74, 6) is 1.08. The molecular formula is C23H40NP2V. The van der Waals surface area contributed by atoms with Crippen LogP contribution in [-0.4, -0.2) is 40.0 Å². The molecule has 0 fully saturated rings. The van der Waals surface area contributed by atoms with E-state index >= 15 is 0 Å². The van der Waals surface area contributed by atoms with Crippen molar-refractivity contribution in [2.24, 2.45) is 3.79 Å². The summed E-state index contributed by atoms with van der Waals surface area (Å²) in [5.41, 5.74) is 3.85. The molecule has 1 aromatic carbocycles. The van der Waals surface area contributed by atoms with Gasteiger partial charge in [-0.05, 0) is 40.0 Å². The number of rotatable bonds is 3. The van der Waals surface area contributed by atoms with Crippen LogP contribution in [0, 0.1) is 6.42 Å². The molecule has 27 heavy (non-hydrogen) atoms. The standard InChI is InChI=1S/C12H17N.C5H5.2C3H9P.V/c1-8(2)10-6-5-7-11(9(3)4)12(10)13;1-2-4-5-3-1;2*1-4(2)3;/h5-9H,1-4H3;1-5H;2*1-3H3;. The SMILES string of the molecule is CC(C)c1cccc(C(C)C)c1[N]=[V].CP(C)C.CP(C)C.[CH]1C=CC=C1. The first kappa shape index (κ1) is 29.1. The summed E-state index contributed by atoms with van der Waals surface area (Å²) in [7, 11) is 0.759. The minimum atomic E-state index is 0.380. The van der Waals surface area contributed by atoms with Gasteiger partial charge in [-0.1, -0.05) is 24.3 Å². The van der Waals surface area contributed by atoms with Crippen molar-refractivity contribution in [3.63, 3.8) is 0 Å². The Kier molecular flexibility index (Phi) is 19.4. The van der Waals surface area contributed by atoms with Crippen LogP contribution in [0.1, 0.15) is 50.7 Å². The van der Waals surface area contributed by atoms with Crippen molar-refractivity contribution in [3.8, 4) is 0 Å². The summed E-state index contributed by atoms with van der Waals surface area (Å²) >= 11 is 2.33. The molecule has 152 valence electrons. The van der Waals surface area contributed by atoms with Crippen molar-refractivity contribution in [1.29, 1.82) is 0 Å². The third-order valence-electron chi connectivity index (χ3n) is 3.00. The molecule has 4 heteroatoms. The molecule has 0 aliphatic heterocycles. The molecule has 0 bridgehead atoms. The van der Waals surface area contributed by atoms with Crippen molar-refractivity contribution in [1.82, 2.24) is 0 Å². The Morgan fingerprint density at radius 3 is 1.22 bits per heavy atom. The third-order valence-corrected chi connectivity index (χ3v) is 3.31. The van der Waals surface area contributed by atoms with E-state index in [2.05, 4.69) is 107 Å². The maximum absolute atomic E-state index is 4.35. The molecule has 1 nitrogen and oxygen atoms in total. The zero-order chi connectivity index (χ0) is 21.4. The van der Waals surface area contributed by atoms with Crippen LogP contribution in [0.15, 0.2) is 46.3 Å². The summed E-state index contributed by atoms with van der Waals surface area (Å²) in [6.07, 6.45) is 10.0. The van der Waals surface area contributed by atoms with E-state index in [-0.39, 0.29) is 0 Å². The van der Waals surface area contributed by atoms with Gasteiger partial charge in [0.2, 0.25) is 0 Å². The van der Waals surface area contributed by atoms with Crippen LogP contribution >= 0.6 is 15.8 Å². The minimum Gasteiger partial charge on any atom is -0.116 e. The molecule has 0 spiro atoms. The predicted octanol–water partition coefficient (Wildman–Crippen LogP) is 8.33.